The molecule has 1 fully saturated rings. The second-order valence-corrected chi connectivity index (χ2v) is 9.58. The number of nitrogens with zero attached hydrogens (tertiary/aromatic N) is 1. The Morgan fingerprint density at radius 1 is 0.972 bits per heavy atom. The summed E-state index contributed by atoms with van der Waals surface area (Å²) in [6.45, 7) is 2.24. The molecular weight excluding hydrogens is 460 g/mol. The Balaban J connectivity index is 1.25. The third kappa shape index (κ3) is 4.11. The number of amides is 2. The van der Waals surface area contributed by atoms with E-state index in [1.165, 1.54) is 6.26 Å². The van der Waals surface area contributed by atoms with Gasteiger partial charge in [-0.1, -0.05) is 30.3 Å². The molecule has 3 aromatic rings. The Hall–Kier alpha value is -3.78. The van der Waals surface area contributed by atoms with E-state index in [9.17, 15) is 9.59 Å². The number of carbonyl (C=O) groups excluding carboxylic acids is 2. The molecule has 8 heteroatoms. The number of fused-ring (bicyclic) bond motifs is 2. The third-order valence-electron chi connectivity index (χ3n) is 7.58. The van der Waals surface area contributed by atoms with Crippen molar-refractivity contribution in [3.05, 3.63) is 83.3 Å². The van der Waals surface area contributed by atoms with Crippen molar-refractivity contribution >= 4 is 11.8 Å². The Morgan fingerprint density at radius 2 is 1.78 bits per heavy atom. The first kappa shape index (κ1) is 22.7. The van der Waals surface area contributed by atoms with E-state index in [-0.39, 0.29) is 29.8 Å². The van der Waals surface area contributed by atoms with Crippen LogP contribution >= 0.6 is 0 Å². The maximum atomic E-state index is 13.7. The Kier molecular flexibility index (Phi) is 5.89. The van der Waals surface area contributed by atoms with Crippen LogP contribution in [-0.4, -0.2) is 49.3 Å². The quantitative estimate of drug-likeness (QED) is 0.592. The molecule has 0 aliphatic carbocycles. The highest BCUT2D eigenvalue weighted by Crippen LogP contribution is 2.40. The molecule has 6 rings (SSSR count). The summed E-state index contributed by atoms with van der Waals surface area (Å²) < 4.78 is 22.1. The molecule has 1 unspecified atom stereocenters. The van der Waals surface area contributed by atoms with Crippen LogP contribution in [0.15, 0.2) is 65.3 Å². The SMILES string of the molecule is O=C(NCC1(c2ccc3c(c2)OCO3)CCOCC1)C1Cc2ccccc2CN1C(=O)c1ccco1. The Bertz CT molecular complexity index is 1260. The van der Waals surface area contributed by atoms with Crippen molar-refractivity contribution in [1.29, 1.82) is 0 Å². The van der Waals surface area contributed by atoms with Gasteiger partial charge in [0.25, 0.3) is 5.91 Å². The lowest BCUT2D eigenvalue weighted by atomic mass is 9.74. The molecule has 4 heterocycles. The summed E-state index contributed by atoms with van der Waals surface area (Å²) >= 11 is 0. The van der Waals surface area contributed by atoms with Gasteiger partial charge in [-0.2, -0.15) is 0 Å². The maximum Gasteiger partial charge on any atom is 0.290 e. The molecule has 0 radical (unpaired) electrons. The fraction of sp³-hybridized carbons (Fsp3) is 0.357. The van der Waals surface area contributed by atoms with Crippen LogP contribution in [0.4, 0.5) is 0 Å². The van der Waals surface area contributed by atoms with E-state index in [1.807, 2.05) is 36.4 Å². The zero-order valence-corrected chi connectivity index (χ0v) is 19.9. The van der Waals surface area contributed by atoms with Crippen molar-refractivity contribution < 1.29 is 28.2 Å². The summed E-state index contributed by atoms with van der Waals surface area (Å²) in [6.07, 6.45) is 3.47. The van der Waals surface area contributed by atoms with E-state index in [0.29, 0.717) is 32.7 Å². The second-order valence-electron chi connectivity index (χ2n) is 9.58. The molecule has 1 atom stereocenters. The standard InChI is InChI=1S/C28H28N2O6/c31-26(22-14-19-4-1-2-5-20(19)16-30(22)27(32)24-6-3-11-34-24)29-17-28(9-12-33-13-10-28)21-7-8-23-25(15-21)36-18-35-23/h1-8,11,15,22H,9-10,12-14,16-18H2,(H,29,31). The summed E-state index contributed by atoms with van der Waals surface area (Å²) in [7, 11) is 0. The van der Waals surface area contributed by atoms with Crippen molar-refractivity contribution in [2.75, 3.05) is 26.6 Å². The first-order valence-electron chi connectivity index (χ1n) is 12.3. The van der Waals surface area contributed by atoms with Crippen molar-refractivity contribution in [3.63, 3.8) is 0 Å². The molecule has 3 aliphatic rings. The van der Waals surface area contributed by atoms with Crippen LogP contribution in [0, 0.1) is 0 Å². The molecule has 2 aromatic carbocycles. The molecule has 8 nitrogen and oxygen atoms in total. The molecule has 0 spiro atoms. The van der Waals surface area contributed by atoms with Gasteiger partial charge >= 0.3 is 0 Å². The highest BCUT2D eigenvalue weighted by atomic mass is 16.7. The number of benzene rings is 2. The van der Waals surface area contributed by atoms with Crippen molar-refractivity contribution in [2.24, 2.45) is 0 Å². The topological polar surface area (TPSA) is 90.2 Å². The minimum Gasteiger partial charge on any atom is -0.459 e. The Morgan fingerprint density at radius 3 is 2.58 bits per heavy atom. The zero-order valence-electron chi connectivity index (χ0n) is 19.9. The fourth-order valence-corrected chi connectivity index (χ4v) is 5.44. The normalized spacial score (nSPS) is 20.0. The lowest BCUT2D eigenvalue weighted by Crippen LogP contribution is -2.55. The molecule has 1 aromatic heterocycles. The molecule has 36 heavy (non-hydrogen) atoms. The van der Waals surface area contributed by atoms with Gasteiger partial charge in [0.1, 0.15) is 6.04 Å². The van der Waals surface area contributed by atoms with Crippen LogP contribution in [0.2, 0.25) is 0 Å². The van der Waals surface area contributed by atoms with Gasteiger partial charge in [-0.25, -0.2) is 0 Å². The largest absolute Gasteiger partial charge is 0.459 e. The van der Waals surface area contributed by atoms with Crippen LogP contribution in [0.1, 0.15) is 40.1 Å². The summed E-state index contributed by atoms with van der Waals surface area (Å²) in [6, 6.07) is 16.6. The molecular formula is C28H28N2O6. The van der Waals surface area contributed by atoms with E-state index in [0.717, 1.165) is 41.0 Å². The minimum atomic E-state index is -0.633. The number of furan rings is 1. The van der Waals surface area contributed by atoms with Crippen molar-refractivity contribution in [1.82, 2.24) is 10.2 Å². The molecule has 1 saturated heterocycles. The maximum absolute atomic E-state index is 13.7. The van der Waals surface area contributed by atoms with E-state index >= 15 is 0 Å². The molecule has 0 saturated carbocycles. The number of nitrogens with one attached hydrogen (secondary N) is 1. The molecule has 186 valence electrons. The first-order valence-corrected chi connectivity index (χ1v) is 12.3. The predicted octanol–water partition coefficient (Wildman–Crippen LogP) is 3.44. The first-order chi connectivity index (χ1) is 17.6. The third-order valence-corrected chi connectivity index (χ3v) is 7.58. The average molecular weight is 489 g/mol. The molecule has 2 amide bonds. The van der Waals surface area contributed by atoms with Crippen LogP contribution in [-0.2, 0) is 27.9 Å². The summed E-state index contributed by atoms with van der Waals surface area (Å²) in [4.78, 5) is 28.6. The number of ether oxygens (including phenoxy) is 3. The smallest absolute Gasteiger partial charge is 0.290 e. The summed E-state index contributed by atoms with van der Waals surface area (Å²) in [5.41, 5.74) is 2.92. The van der Waals surface area contributed by atoms with Crippen LogP contribution < -0.4 is 14.8 Å². The van der Waals surface area contributed by atoms with Crippen molar-refractivity contribution in [2.45, 2.75) is 37.3 Å². The van der Waals surface area contributed by atoms with E-state index in [4.69, 9.17) is 18.6 Å². The molecule has 1 N–H and O–H groups in total. The average Bonchev–Trinajstić information content (AvgIpc) is 3.63. The predicted molar refractivity (Wildman–Crippen MR) is 130 cm³/mol. The molecule has 0 bridgehead atoms. The van der Waals surface area contributed by atoms with Crippen LogP contribution in [0.5, 0.6) is 11.5 Å². The van der Waals surface area contributed by atoms with Gasteiger partial charge in [-0.15, -0.1) is 0 Å². The van der Waals surface area contributed by atoms with E-state index in [2.05, 4.69) is 11.4 Å². The van der Waals surface area contributed by atoms with Crippen LogP contribution in [0.3, 0.4) is 0 Å². The highest BCUT2D eigenvalue weighted by Gasteiger charge is 2.39. The van der Waals surface area contributed by atoms with Gasteiger partial charge in [0, 0.05) is 38.1 Å². The number of carbonyl (C=O) groups is 2. The fourth-order valence-electron chi connectivity index (χ4n) is 5.44. The lowest BCUT2D eigenvalue weighted by molar-refractivity contribution is -0.126. The van der Waals surface area contributed by atoms with Gasteiger partial charge in [0.15, 0.2) is 17.3 Å². The highest BCUT2D eigenvalue weighted by molar-refractivity contribution is 5.96. The zero-order chi connectivity index (χ0) is 24.5. The van der Waals surface area contributed by atoms with E-state index < -0.39 is 6.04 Å². The van der Waals surface area contributed by atoms with Gasteiger partial charge in [0.05, 0.1) is 6.26 Å². The van der Waals surface area contributed by atoms with E-state index in [1.54, 1.807) is 17.0 Å². The van der Waals surface area contributed by atoms with Crippen LogP contribution in [0.25, 0.3) is 0 Å². The van der Waals surface area contributed by atoms with Gasteiger partial charge in [-0.05, 0) is 53.8 Å². The minimum absolute atomic E-state index is 0.170. The lowest BCUT2D eigenvalue weighted by Gasteiger charge is -2.40. The Labute approximate surface area is 209 Å². The number of hydrogen-bond donors (Lipinski definition) is 1. The van der Waals surface area contributed by atoms with Gasteiger partial charge in [-0.3, -0.25) is 9.59 Å². The summed E-state index contributed by atoms with van der Waals surface area (Å²) in [5, 5.41) is 3.20. The summed E-state index contributed by atoms with van der Waals surface area (Å²) in [5.74, 6) is 1.23. The second kappa shape index (κ2) is 9.35. The van der Waals surface area contributed by atoms with Crippen molar-refractivity contribution in [3.8, 4) is 11.5 Å². The monoisotopic (exact) mass is 488 g/mol. The van der Waals surface area contributed by atoms with Gasteiger partial charge < -0.3 is 28.8 Å². The molecule has 3 aliphatic heterocycles. The van der Waals surface area contributed by atoms with Gasteiger partial charge in [0.2, 0.25) is 12.7 Å². The number of hydrogen-bond acceptors (Lipinski definition) is 6. The number of rotatable bonds is 5.